The maximum atomic E-state index is 13.8. The number of sulfonamides is 1. The third-order valence-corrected chi connectivity index (χ3v) is 8.17. The van der Waals surface area contributed by atoms with Gasteiger partial charge in [0.05, 0.1) is 10.6 Å². The number of nitrogens with one attached hydrogen (secondary N) is 1. The van der Waals surface area contributed by atoms with Crippen LogP contribution >= 0.6 is 23.2 Å². The molecule has 0 bridgehead atoms. The van der Waals surface area contributed by atoms with Crippen LogP contribution in [-0.2, 0) is 26.2 Å². The number of nitrogens with zero attached hydrogens (tertiary/aromatic N) is 2. The Morgan fingerprint density at radius 1 is 0.923 bits per heavy atom. The molecule has 0 aliphatic carbocycles. The van der Waals surface area contributed by atoms with Crippen LogP contribution in [0.25, 0.3) is 0 Å². The normalized spacial score (nSPS) is 12.2. The smallest absolute Gasteiger partial charge is 0.264 e. The van der Waals surface area contributed by atoms with E-state index in [-0.39, 0.29) is 28.1 Å². The number of hydrogen-bond acceptors (Lipinski definition) is 4. The highest BCUT2D eigenvalue weighted by molar-refractivity contribution is 7.92. The lowest BCUT2D eigenvalue weighted by atomic mass is 10.1. The van der Waals surface area contributed by atoms with E-state index in [1.165, 1.54) is 65.6 Å². The van der Waals surface area contributed by atoms with Crippen molar-refractivity contribution >= 4 is 50.7 Å². The molecule has 11 heteroatoms. The standard InChI is InChI=1S/C28H30Cl2FN3O4S/c1-19(2)16-32-28(36)20(3)33(17-21-7-11-24(31)12-8-21)27(35)18-34(25-6-4-5-23(30)15-25)39(37,38)26-13-9-22(29)10-14-26/h4-15,19-20H,16-18H2,1-3H3,(H,32,36)/t20-/m0/s1. The molecule has 3 rings (SSSR count). The van der Waals surface area contributed by atoms with E-state index in [9.17, 15) is 22.4 Å². The summed E-state index contributed by atoms with van der Waals surface area (Å²) in [4.78, 5) is 28.0. The number of hydrogen-bond donors (Lipinski definition) is 1. The monoisotopic (exact) mass is 593 g/mol. The van der Waals surface area contributed by atoms with Crippen molar-refractivity contribution < 1.29 is 22.4 Å². The first-order valence-corrected chi connectivity index (χ1v) is 14.4. The van der Waals surface area contributed by atoms with Crippen molar-refractivity contribution in [3.8, 4) is 0 Å². The molecule has 0 saturated heterocycles. The van der Waals surface area contributed by atoms with Gasteiger partial charge in [0.25, 0.3) is 10.0 Å². The molecule has 0 heterocycles. The highest BCUT2D eigenvalue weighted by Gasteiger charge is 2.32. The van der Waals surface area contributed by atoms with Crippen LogP contribution in [0.3, 0.4) is 0 Å². The van der Waals surface area contributed by atoms with Gasteiger partial charge in [-0.3, -0.25) is 13.9 Å². The second-order valence-electron chi connectivity index (χ2n) is 9.41. The molecule has 2 amide bonds. The molecular formula is C28H30Cl2FN3O4S. The van der Waals surface area contributed by atoms with E-state index in [1.807, 2.05) is 13.8 Å². The van der Waals surface area contributed by atoms with Crippen molar-refractivity contribution in [3.05, 3.63) is 94.2 Å². The minimum atomic E-state index is -4.24. The summed E-state index contributed by atoms with van der Waals surface area (Å²) in [6.45, 7) is 5.19. The number of benzene rings is 3. The average Bonchev–Trinajstić information content (AvgIpc) is 2.89. The molecule has 0 aliphatic rings. The molecule has 1 N–H and O–H groups in total. The molecule has 0 aliphatic heterocycles. The fourth-order valence-corrected chi connectivity index (χ4v) is 5.43. The first-order valence-electron chi connectivity index (χ1n) is 12.2. The molecule has 208 valence electrons. The second-order valence-corrected chi connectivity index (χ2v) is 12.1. The van der Waals surface area contributed by atoms with Crippen LogP contribution in [-0.4, -0.2) is 44.3 Å². The predicted molar refractivity (Wildman–Crippen MR) is 152 cm³/mol. The minimum Gasteiger partial charge on any atom is -0.354 e. The van der Waals surface area contributed by atoms with Crippen LogP contribution in [0.4, 0.5) is 10.1 Å². The maximum absolute atomic E-state index is 13.8. The number of halogens is 3. The summed E-state index contributed by atoms with van der Waals surface area (Å²) < 4.78 is 41.9. The molecule has 0 saturated carbocycles. The summed E-state index contributed by atoms with van der Waals surface area (Å²) >= 11 is 12.1. The largest absolute Gasteiger partial charge is 0.354 e. The molecule has 0 radical (unpaired) electrons. The minimum absolute atomic E-state index is 0.0419. The van der Waals surface area contributed by atoms with Gasteiger partial charge >= 0.3 is 0 Å². The number of carbonyl (C=O) groups excluding carboxylic acids is 2. The molecule has 39 heavy (non-hydrogen) atoms. The fraction of sp³-hybridized carbons (Fsp3) is 0.286. The third kappa shape index (κ3) is 8.17. The van der Waals surface area contributed by atoms with E-state index in [2.05, 4.69) is 5.32 Å². The van der Waals surface area contributed by atoms with E-state index in [0.717, 1.165) is 4.31 Å². The molecule has 0 fully saturated rings. The van der Waals surface area contributed by atoms with Crippen molar-refractivity contribution in [2.75, 3.05) is 17.4 Å². The van der Waals surface area contributed by atoms with Crippen molar-refractivity contribution in [1.29, 1.82) is 0 Å². The van der Waals surface area contributed by atoms with Gasteiger partial charge in [0.1, 0.15) is 18.4 Å². The third-order valence-electron chi connectivity index (χ3n) is 5.89. The first-order chi connectivity index (χ1) is 18.4. The Bertz CT molecular complexity index is 1400. The summed E-state index contributed by atoms with van der Waals surface area (Å²) in [6, 6.07) is 16.3. The van der Waals surface area contributed by atoms with Crippen LogP contribution in [0.15, 0.2) is 77.7 Å². The van der Waals surface area contributed by atoms with Gasteiger partial charge in [-0.2, -0.15) is 0 Å². The summed E-state index contributed by atoms with van der Waals surface area (Å²) in [6.07, 6.45) is 0. The van der Waals surface area contributed by atoms with E-state index in [1.54, 1.807) is 19.1 Å². The van der Waals surface area contributed by atoms with Gasteiger partial charge in [-0.05, 0) is 73.0 Å². The van der Waals surface area contributed by atoms with E-state index in [4.69, 9.17) is 23.2 Å². The molecule has 1 atom stereocenters. The van der Waals surface area contributed by atoms with Crippen LogP contribution < -0.4 is 9.62 Å². The van der Waals surface area contributed by atoms with E-state index < -0.39 is 40.2 Å². The van der Waals surface area contributed by atoms with Gasteiger partial charge in [0.15, 0.2) is 0 Å². The number of carbonyl (C=O) groups is 2. The van der Waals surface area contributed by atoms with E-state index in [0.29, 0.717) is 17.1 Å². The second kappa shape index (κ2) is 13.3. The SMILES string of the molecule is CC(C)CNC(=O)[C@H](C)N(Cc1ccc(F)cc1)C(=O)CN(c1cccc(Cl)c1)S(=O)(=O)c1ccc(Cl)cc1. The Hall–Kier alpha value is -3.14. The van der Waals surface area contributed by atoms with Gasteiger partial charge in [0, 0.05) is 23.1 Å². The van der Waals surface area contributed by atoms with Crippen LogP contribution in [0.1, 0.15) is 26.3 Å². The summed E-state index contributed by atoms with van der Waals surface area (Å²) in [5, 5.41) is 3.44. The zero-order valence-electron chi connectivity index (χ0n) is 21.8. The summed E-state index contributed by atoms with van der Waals surface area (Å²) in [5.74, 6) is -1.29. The van der Waals surface area contributed by atoms with Crippen LogP contribution in [0.5, 0.6) is 0 Å². The summed E-state index contributed by atoms with van der Waals surface area (Å²) in [5.41, 5.74) is 0.743. The van der Waals surface area contributed by atoms with Crippen molar-refractivity contribution in [1.82, 2.24) is 10.2 Å². The van der Waals surface area contributed by atoms with Gasteiger partial charge in [0.2, 0.25) is 11.8 Å². The molecule has 0 aromatic heterocycles. The summed E-state index contributed by atoms with van der Waals surface area (Å²) in [7, 11) is -4.24. The topological polar surface area (TPSA) is 86.8 Å². The Morgan fingerprint density at radius 2 is 1.56 bits per heavy atom. The van der Waals surface area contributed by atoms with E-state index >= 15 is 0 Å². The van der Waals surface area contributed by atoms with Crippen LogP contribution in [0, 0.1) is 11.7 Å². The first kappa shape index (κ1) is 30.4. The Labute approximate surface area is 238 Å². The molecular weight excluding hydrogens is 564 g/mol. The molecule has 7 nitrogen and oxygen atoms in total. The maximum Gasteiger partial charge on any atom is 0.264 e. The lowest BCUT2D eigenvalue weighted by molar-refractivity contribution is -0.139. The predicted octanol–water partition coefficient (Wildman–Crippen LogP) is 5.52. The molecule has 0 spiro atoms. The number of rotatable bonds is 11. The number of amides is 2. The quantitative estimate of drug-likeness (QED) is 0.317. The Morgan fingerprint density at radius 3 is 2.15 bits per heavy atom. The Balaban J connectivity index is 2.01. The van der Waals surface area contributed by atoms with Crippen molar-refractivity contribution in [3.63, 3.8) is 0 Å². The zero-order valence-corrected chi connectivity index (χ0v) is 24.1. The van der Waals surface area contributed by atoms with Gasteiger partial charge in [-0.15, -0.1) is 0 Å². The highest BCUT2D eigenvalue weighted by atomic mass is 35.5. The van der Waals surface area contributed by atoms with Crippen LogP contribution in [0.2, 0.25) is 10.0 Å². The Kier molecular flexibility index (Phi) is 10.4. The zero-order chi connectivity index (χ0) is 28.7. The average molecular weight is 595 g/mol. The van der Waals surface area contributed by atoms with Crippen molar-refractivity contribution in [2.24, 2.45) is 5.92 Å². The van der Waals surface area contributed by atoms with Crippen molar-refractivity contribution in [2.45, 2.75) is 38.3 Å². The van der Waals surface area contributed by atoms with Gasteiger partial charge in [-0.1, -0.05) is 55.2 Å². The molecule has 3 aromatic carbocycles. The lowest BCUT2D eigenvalue weighted by Crippen LogP contribution is -2.51. The van der Waals surface area contributed by atoms with Gasteiger partial charge < -0.3 is 10.2 Å². The molecule has 3 aromatic rings. The number of anilines is 1. The highest BCUT2D eigenvalue weighted by Crippen LogP contribution is 2.27. The lowest BCUT2D eigenvalue weighted by Gasteiger charge is -2.32. The fourth-order valence-electron chi connectivity index (χ4n) is 3.72. The van der Waals surface area contributed by atoms with Gasteiger partial charge in [-0.25, -0.2) is 12.8 Å². The molecule has 0 unspecified atom stereocenters.